The highest BCUT2D eigenvalue weighted by Crippen LogP contribution is 2.31. The van der Waals surface area contributed by atoms with Crippen LogP contribution in [-0.2, 0) is 10.1 Å². The number of oxime groups is 1. The molecular weight excluding hydrogens is 323 g/mol. The van der Waals surface area contributed by atoms with E-state index in [0.29, 0.717) is 11.6 Å². The third kappa shape index (κ3) is 4.75. The molecule has 1 aromatic rings. The predicted octanol–water partition coefficient (Wildman–Crippen LogP) is 2.80. The highest BCUT2D eigenvalue weighted by Gasteiger charge is 2.21. The van der Waals surface area contributed by atoms with Gasteiger partial charge in [-0.3, -0.25) is 0 Å². The molecule has 0 fully saturated rings. The van der Waals surface area contributed by atoms with Gasteiger partial charge in [0.25, 0.3) is 5.96 Å². The lowest BCUT2D eigenvalue weighted by Gasteiger charge is -2.28. The van der Waals surface area contributed by atoms with E-state index in [-0.39, 0.29) is 11.2 Å². The maximum atomic E-state index is 10.6. The van der Waals surface area contributed by atoms with Crippen molar-refractivity contribution in [2.45, 2.75) is 11.7 Å². The first-order valence-corrected chi connectivity index (χ1v) is 8.59. The molecule has 0 spiro atoms. The first kappa shape index (κ1) is 16.9. The van der Waals surface area contributed by atoms with Gasteiger partial charge in [-0.2, -0.15) is 4.36 Å². The van der Waals surface area contributed by atoms with Gasteiger partial charge in [0, 0.05) is 17.0 Å². The fourth-order valence-corrected chi connectivity index (χ4v) is 3.73. The molecule has 0 aliphatic rings. The van der Waals surface area contributed by atoms with Crippen molar-refractivity contribution in [2.75, 3.05) is 6.26 Å². The minimum atomic E-state index is -2.88. The number of pyridine rings is 1. The number of guanidine groups is 1. The summed E-state index contributed by atoms with van der Waals surface area (Å²) in [4.78, 5) is 3.98. The van der Waals surface area contributed by atoms with E-state index in [4.69, 9.17) is 34.1 Å². The Labute approximate surface area is 128 Å². The van der Waals surface area contributed by atoms with E-state index in [1.807, 2.05) is 0 Å². The highest BCUT2D eigenvalue weighted by atomic mass is 35.5. The number of hydrogen-bond donors (Lipinski definition) is 4. The van der Waals surface area contributed by atoms with Crippen LogP contribution in [0.5, 0.6) is 0 Å². The number of rotatable bonds is 4. The van der Waals surface area contributed by atoms with Gasteiger partial charge < -0.3 is 15.5 Å². The summed E-state index contributed by atoms with van der Waals surface area (Å²) in [6.07, 6.45) is 5.25. The lowest BCUT2D eigenvalue weighted by atomic mass is 10.1. The van der Waals surface area contributed by atoms with Crippen molar-refractivity contribution in [3.63, 3.8) is 0 Å². The van der Waals surface area contributed by atoms with Gasteiger partial charge in [0.15, 0.2) is 0 Å². The molecule has 1 aromatic heterocycles. The minimum absolute atomic E-state index is 0.353. The summed E-state index contributed by atoms with van der Waals surface area (Å²) >= 11 is 11.3. The molecule has 1 heterocycles. The van der Waals surface area contributed by atoms with E-state index in [1.54, 1.807) is 30.7 Å². The second kappa shape index (κ2) is 7.58. The van der Waals surface area contributed by atoms with Crippen LogP contribution in [0.3, 0.4) is 0 Å². The van der Waals surface area contributed by atoms with E-state index in [2.05, 4.69) is 14.5 Å². The molecule has 112 valence electrons. The van der Waals surface area contributed by atoms with Crippen molar-refractivity contribution in [1.29, 1.82) is 0 Å². The standard InChI is InChI=1S/C11H16Cl2N4O2S/c1-20(19,17-11(14)16-18)9(3-2-6-12)8-4-5-10(13)15-7-8/h2,4-7,9,18,20H,3H2,1H3,(H3,14,16,17,19)/b6-2+. The Balaban J connectivity index is 3.25. The van der Waals surface area contributed by atoms with Gasteiger partial charge in [-0.25, -0.2) is 4.98 Å². The van der Waals surface area contributed by atoms with Crippen LogP contribution in [0.1, 0.15) is 17.2 Å². The Hall–Kier alpha value is -1.15. The van der Waals surface area contributed by atoms with Gasteiger partial charge in [0.05, 0.1) is 0 Å². The normalized spacial score (nSPS) is 15.3. The van der Waals surface area contributed by atoms with E-state index >= 15 is 0 Å². The predicted molar refractivity (Wildman–Crippen MR) is 84.7 cm³/mol. The van der Waals surface area contributed by atoms with E-state index < -0.39 is 10.1 Å². The van der Waals surface area contributed by atoms with Crippen molar-refractivity contribution in [3.05, 3.63) is 40.7 Å². The topological polar surface area (TPSA) is 104 Å². The van der Waals surface area contributed by atoms with Gasteiger partial charge >= 0.3 is 0 Å². The third-order valence-electron chi connectivity index (χ3n) is 2.58. The second-order valence-electron chi connectivity index (χ2n) is 4.06. The van der Waals surface area contributed by atoms with Crippen LogP contribution in [0.25, 0.3) is 0 Å². The molecule has 1 atom stereocenters. The zero-order valence-corrected chi connectivity index (χ0v) is 13.1. The maximum Gasteiger partial charge on any atom is 0.263 e. The summed E-state index contributed by atoms with van der Waals surface area (Å²) in [7, 11) is -2.88. The summed E-state index contributed by atoms with van der Waals surface area (Å²) in [6, 6.07) is 3.37. The first-order chi connectivity index (χ1) is 9.40. The van der Waals surface area contributed by atoms with Crippen LogP contribution < -0.4 is 5.73 Å². The molecule has 0 saturated carbocycles. The molecule has 0 aliphatic heterocycles. The number of thiol groups is 1. The van der Waals surface area contributed by atoms with Gasteiger partial charge in [-0.05, 0) is 29.5 Å². The first-order valence-electron chi connectivity index (χ1n) is 5.57. The van der Waals surface area contributed by atoms with Gasteiger partial charge in [0.1, 0.15) is 5.15 Å². The van der Waals surface area contributed by atoms with Crippen LogP contribution in [0.2, 0.25) is 5.15 Å². The van der Waals surface area contributed by atoms with Crippen LogP contribution in [-0.4, -0.2) is 27.0 Å². The van der Waals surface area contributed by atoms with Crippen molar-refractivity contribution in [2.24, 2.45) is 15.3 Å². The van der Waals surface area contributed by atoms with Gasteiger partial charge in [-0.15, -0.1) is 0 Å². The lowest BCUT2D eigenvalue weighted by Crippen LogP contribution is -2.23. The molecule has 4 N–H and O–H groups in total. The number of halogens is 2. The maximum absolute atomic E-state index is 10.6. The second-order valence-corrected chi connectivity index (χ2v) is 7.48. The Morgan fingerprint density at radius 3 is 2.80 bits per heavy atom. The molecule has 0 amide bonds. The summed E-state index contributed by atoms with van der Waals surface area (Å²) in [5.74, 6) is -0.370. The average molecular weight is 339 g/mol. The molecule has 9 heteroatoms. The van der Waals surface area contributed by atoms with E-state index in [0.717, 1.165) is 5.56 Å². The monoisotopic (exact) mass is 338 g/mol. The van der Waals surface area contributed by atoms with Gasteiger partial charge in [0.2, 0.25) is 0 Å². The van der Waals surface area contributed by atoms with Crippen LogP contribution in [0.4, 0.5) is 0 Å². The summed E-state index contributed by atoms with van der Waals surface area (Å²) in [5, 5.41) is 11.3. The highest BCUT2D eigenvalue weighted by molar-refractivity contribution is 7.99. The van der Waals surface area contributed by atoms with Gasteiger partial charge in [-0.1, -0.05) is 45.4 Å². The Bertz CT molecular complexity index is 554. The zero-order valence-electron chi connectivity index (χ0n) is 10.7. The molecular formula is C11H16Cl2N4O2S. The average Bonchev–Trinajstić information content (AvgIpc) is 2.40. The van der Waals surface area contributed by atoms with Crippen LogP contribution >= 0.6 is 23.2 Å². The molecule has 6 nitrogen and oxygen atoms in total. The number of allylic oxidation sites excluding steroid dienone is 1. The Morgan fingerprint density at radius 1 is 1.60 bits per heavy atom. The Kier molecular flexibility index (Phi) is 6.41. The zero-order chi connectivity index (χ0) is 15.2. The number of nitrogens with zero attached hydrogens (tertiary/aromatic N) is 3. The quantitative estimate of drug-likeness (QED) is 0.169. The largest absolute Gasteiger partial charge is 0.408 e. The van der Waals surface area contributed by atoms with Crippen molar-refractivity contribution < 1.29 is 9.76 Å². The smallest absolute Gasteiger partial charge is 0.263 e. The van der Waals surface area contributed by atoms with Crippen molar-refractivity contribution in [3.8, 4) is 0 Å². The number of hydrogen-bond acceptors (Lipinski definition) is 3. The molecule has 0 aromatic carbocycles. The molecule has 0 saturated heterocycles. The summed E-state index contributed by atoms with van der Waals surface area (Å²) < 4.78 is 14.4. The van der Waals surface area contributed by atoms with Crippen molar-refractivity contribution >= 4 is 39.3 Å². The van der Waals surface area contributed by atoms with E-state index in [1.165, 1.54) is 5.54 Å². The molecule has 0 aliphatic carbocycles. The SMILES string of the molecule is C[SH](O)(=NC(N)=NO)C(C/C=C/Cl)c1ccc(Cl)nc1. The number of nitrogens with two attached hydrogens (primary N) is 1. The molecule has 0 radical (unpaired) electrons. The molecule has 0 bridgehead atoms. The number of aromatic nitrogens is 1. The summed E-state index contributed by atoms with van der Waals surface area (Å²) in [6.45, 7) is 0. The minimum Gasteiger partial charge on any atom is -0.408 e. The van der Waals surface area contributed by atoms with Crippen molar-refractivity contribution in [1.82, 2.24) is 4.98 Å². The van der Waals surface area contributed by atoms with E-state index in [9.17, 15) is 4.55 Å². The fourth-order valence-electron chi connectivity index (χ4n) is 1.68. The molecule has 20 heavy (non-hydrogen) atoms. The molecule has 1 unspecified atom stereocenters. The van der Waals surface area contributed by atoms with Crippen LogP contribution in [0, 0.1) is 0 Å². The Morgan fingerprint density at radius 2 is 2.30 bits per heavy atom. The third-order valence-corrected chi connectivity index (χ3v) is 5.28. The lowest BCUT2D eigenvalue weighted by molar-refractivity contribution is 0.317. The van der Waals surface area contributed by atoms with Crippen LogP contribution in [0.15, 0.2) is 39.5 Å². The molecule has 1 rings (SSSR count). The summed E-state index contributed by atoms with van der Waals surface area (Å²) in [5.41, 5.74) is 7.46. The fraction of sp³-hybridized carbons (Fsp3) is 0.273.